The van der Waals surface area contributed by atoms with Crippen LogP contribution in [0.5, 0.6) is 5.75 Å². The fourth-order valence-corrected chi connectivity index (χ4v) is 1.74. The van der Waals surface area contributed by atoms with Gasteiger partial charge in [0.25, 0.3) is 0 Å². The Balaban J connectivity index is 0.000000771. The van der Waals surface area contributed by atoms with Crippen molar-refractivity contribution in [2.24, 2.45) is 10.7 Å². The van der Waals surface area contributed by atoms with Gasteiger partial charge in [0, 0.05) is 24.1 Å². The number of rotatable bonds is 3. The van der Waals surface area contributed by atoms with Crippen LogP contribution in [0, 0.1) is 0 Å². The van der Waals surface area contributed by atoms with E-state index in [4.69, 9.17) is 15.3 Å². The number of amidine groups is 1. The van der Waals surface area contributed by atoms with Crippen molar-refractivity contribution in [3.8, 4) is 5.75 Å². The summed E-state index contributed by atoms with van der Waals surface area (Å²) in [6.07, 6.45) is 0.936. The Morgan fingerprint density at radius 3 is 2.78 bits per heavy atom. The van der Waals surface area contributed by atoms with Gasteiger partial charge in [-0.1, -0.05) is 13.8 Å². The van der Waals surface area contributed by atoms with Gasteiger partial charge in [0.05, 0.1) is 19.6 Å². The zero-order chi connectivity index (χ0) is 13.5. The molecule has 5 heteroatoms. The molecule has 0 fully saturated rings. The molecule has 0 aromatic heterocycles. The molecule has 18 heavy (non-hydrogen) atoms. The first-order valence-corrected chi connectivity index (χ1v) is 6.17. The predicted molar refractivity (Wildman–Crippen MR) is 72.5 cm³/mol. The van der Waals surface area contributed by atoms with Crippen LogP contribution in [0.1, 0.15) is 26.3 Å². The highest BCUT2D eigenvalue weighted by Gasteiger charge is 2.18. The average Bonchev–Trinajstić information content (AvgIpc) is 2.79. The van der Waals surface area contributed by atoms with E-state index in [2.05, 4.69) is 4.99 Å². The van der Waals surface area contributed by atoms with Gasteiger partial charge in [-0.2, -0.15) is 5.48 Å². The summed E-state index contributed by atoms with van der Waals surface area (Å²) in [4.78, 5) is 9.29. The minimum Gasteiger partial charge on any atom is -0.493 e. The molecule has 2 rings (SSSR count). The monoisotopic (exact) mass is 252 g/mol. The number of quaternary nitrogens is 1. The Hall–Kier alpha value is -1.59. The SMILES string of the molecule is CC.CO[NH2+]c1cc2c(cc1N=C(C)N)OCC2. The third-order valence-electron chi connectivity index (χ3n) is 2.38. The number of fused-ring (bicyclic) bond motifs is 1. The van der Waals surface area contributed by atoms with Gasteiger partial charge in [-0.15, -0.1) is 0 Å². The molecule has 100 valence electrons. The first kappa shape index (κ1) is 14.5. The maximum Gasteiger partial charge on any atom is 0.188 e. The topological polar surface area (TPSA) is 73.5 Å². The molecule has 0 saturated carbocycles. The molecular weight excluding hydrogens is 230 g/mol. The van der Waals surface area contributed by atoms with Crippen LogP contribution in [0.3, 0.4) is 0 Å². The number of ether oxygens (including phenoxy) is 1. The summed E-state index contributed by atoms with van der Waals surface area (Å²) in [6, 6.07) is 3.94. The maximum atomic E-state index is 5.59. The molecule has 0 spiro atoms. The minimum atomic E-state index is 0.517. The minimum absolute atomic E-state index is 0.517. The van der Waals surface area contributed by atoms with E-state index in [1.54, 1.807) is 19.5 Å². The normalized spacial score (nSPS) is 13.4. The molecule has 0 aliphatic carbocycles. The quantitative estimate of drug-likeness (QED) is 0.370. The first-order valence-electron chi connectivity index (χ1n) is 6.17. The molecular formula is C13H22N3O2+. The molecule has 0 saturated heterocycles. The number of benzene rings is 1. The lowest BCUT2D eigenvalue weighted by molar-refractivity contribution is -0.829. The Kier molecular flexibility index (Phi) is 5.61. The van der Waals surface area contributed by atoms with Crippen molar-refractivity contribution in [1.29, 1.82) is 0 Å². The van der Waals surface area contributed by atoms with Crippen LogP contribution >= 0.6 is 0 Å². The van der Waals surface area contributed by atoms with Crippen molar-refractivity contribution in [1.82, 2.24) is 0 Å². The molecule has 0 radical (unpaired) electrons. The van der Waals surface area contributed by atoms with Crippen molar-refractivity contribution >= 4 is 17.2 Å². The van der Waals surface area contributed by atoms with Crippen molar-refractivity contribution < 1.29 is 15.1 Å². The van der Waals surface area contributed by atoms with Crippen LogP contribution in [-0.4, -0.2) is 19.6 Å². The maximum absolute atomic E-state index is 5.59. The molecule has 1 aromatic rings. The van der Waals surface area contributed by atoms with Crippen LogP contribution in [0.25, 0.3) is 0 Å². The van der Waals surface area contributed by atoms with Gasteiger partial charge in [-0.3, -0.25) is 0 Å². The summed E-state index contributed by atoms with van der Waals surface area (Å²) in [6.45, 7) is 6.49. The van der Waals surface area contributed by atoms with Crippen molar-refractivity contribution in [2.75, 3.05) is 13.7 Å². The van der Waals surface area contributed by atoms with Gasteiger partial charge in [-0.05, 0) is 6.92 Å². The van der Waals surface area contributed by atoms with Crippen LogP contribution < -0.4 is 16.0 Å². The van der Waals surface area contributed by atoms with E-state index in [0.29, 0.717) is 5.84 Å². The second-order valence-electron chi connectivity index (χ2n) is 3.72. The van der Waals surface area contributed by atoms with Crippen molar-refractivity contribution in [3.63, 3.8) is 0 Å². The van der Waals surface area contributed by atoms with Crippen molar-refractivity contribution in [3.05, 3.63) is 17.7 Å². The molecule has 1 heterocycles. The molecule has 4 N–H and O–H groups in total. The van der Waals surface area contributed by atoms with Crippen molar-refractivity contribution in [2.45, 2.75) is 27.2 Å². The summed E-state index contributed by atoms with van der Waals surface area (Å²) < 4.78 is 5.49. The third kappa shape index (κ3) is 3.45. The molecule has 5 nitrogen and oxygen atoms in total. The Morgan fingerprint density at radius 1 is 1.44 bits per heavy atom. The van der Waals surface area contributed by atoms with E-state index in [1.807, 2.05) is 26.0 Å². The Labute approximate surface area is 108 Å². The summed E-state index contributed by atoms with van der Waals surface area (Å²) >= 11 is 0. The largest absolute Gasteiger partial charge is 0.493 e. The molecule has 0 atom stereocenters. The van der Waals surface area contributed by atoms with E-state index in [0.717, 1.165) is 30.2 Å². The zero-order valence-corrected chi connectivity index (χ0v) is 11.5. The van der Waals surface area contributed by atoms with E-state index in [1.165, 1.54) is 5.56 Å². The zero-order valence-electron chi connectivity index (χ0n) is 11.5. The second-order valence-corrected chi connectivity index (χ2v) is 3.72. The van der Waals surface area contributed by atoms with Crippen LogP contribution in [0.2, 0.25) is 0 Å². The summed E-state index contributed by atoms with van der Waals surface area (Å²) in [5, 5.41) is 0. The van der Waals surface area contributed by atoms with Gasteiger partial charge >= 0.3 is 0 Å². The number of nitrogens with zero attached hydrogens (tertiary/aromatic N) is 1. The van der Waals surface area contributed by atoms with Crippen LogP contribution in [0.15, 0.2) is 17.1 Å². The van der Waals surface area contributed by atoms with Gasteiger partial charge < -0.3 is 10.5 Å². The van der Waals surface area contributed by atoms with E-state index >= 15 is 0 Å². The van der Waals surface area contributed by atoms with Gasteiger partial charge in [0.2, 0.25) is 0 Å². The molecule has 0 unspecified atom stereocenters. The standard InChI is InChI=1S/C11H15N3O2.C2H6/c1-7(12)13-9-6-11-8(3-4-16-11)5-10(9)14-15-2;1-2/h5-6,14H,3-4H2,1-2H3,(H2,12,13);1-2H3/p+1. The van der Waals surface area contributed by atoms with Crippen LogP contribution in [-0.2, 0) is 11.3 Å². The van der Waals surface area contributed by atoms with E-state index in [9.17, 15) is 0 Å². The lowest BCUT2D eigenvalue weighted by Gasteiger charge is -2.05. The highest BCUT2D eigenvalue weighted by atomic mass is 16.6. The lowest BCUT2D eigenvalue weighted by Crippen LogP contribution is -2.76. The predicted octanol–water partition coefficient (Wildman–Crippen LogP) is 1.41. The Morgan fingerprint density at radius 2 is 2.17 bits per heavy atom. The lowest BCUT2D eigenvalue weighted by atomic mass is 10.1. The number of aliphatic imine (C=N–C) groups is 1. The summed E-state index contributed by atoms with van der Waals surface area (Å²) in [5.74, 6) is 1.41. The third-order valence-corrected chi connectivity index (χ3v) is 2.38. The van der Waals surface area contributed by atoms with E-state index < -0.39 is 0 Å². The molecule has 1 aliphatic rings. The van der Waals surface area contributed by atoms with Gasteiger partial charge in [-0.25, -0.2) is 9.83 Å². The fraction of sp³-hybridized carbons (Fsp3) is 0.462. The second kappa shape index (κ2) is 6.98. The van der Waals surface area contributed by atoms with Crippen LogP contribution in [0.4, 0.5) is 11.4 Å². The number of nitrogens with two attached hydrogens (primary N) is 2. The fourth-order valence-electron chi connectivity index (χ4n) is 1.74. The number of hydrogen-bond acceptors (Lipinski definition) is 3. The summed E-state index contributed by atoms with van der Waals surface area (Å²) in [5.41, 5.74) is 10.2. The molecule has 1 aliphatic heterocycles. The summed E-state index contributed by atoms with van der Waals surface area (Å²) in [7, 11) is 1.62. The molecule has 0 amide bonds. The number of hydrogen-bond donors (Lipinski definition) is 2. The highest BCUT2D eigenvalue weighted by molar-refractivity contribution is 5.82. The molecule has 0 bridgehead atoms. The first-order chi connectivity index (χ1) is 8.70. The van der Waals surface area contributed by atoms with E-state index in [-0.39, 0.29) is 0 Å². The average molecular weight is 252 g/mol. The Bertz CT molecular complexity index is 426. The van der Waals surface area contributed by atoms with Gasteiger partial charge in [0.15, 0.2) is 5.69 Å². The van der Waals surface area contributed by atoms with Gasteiger partial charge in [0.1, 0.15) is 11.4 Å². The highest BCUT2D eigenvalue weighted by Crippen LogP contribution is 2.34. The smallest absolute Gasteiger partial charge is 0.188 e. The molecule has 1 aromatic carbocycles.